The van der Waals surface area contributed by atoms with Crippen LogP contribution in [0.3, 0.4) is 0 Å². The zero-order valence-corrected chi connectivity index (χ0v) is 15.5. The van der Waals surface area contributed by atoms with Crippen molar-refractivity contribution in [3.05, 3.63) is 41.3 Å². The highest BCUT2D eigenvalue weighted by Crippen LogP contribution is 2.38. The molecule has 2 amide bonds. The quantitative estimate of drug-likeness (QED) is 0.718. The van der Waals surface area contributed by atoms with Gasteiger partial charge in [0, 0.05) is 22.9 Å². The second kappa shape index (κ2) is 7.52. The lowest BCUT2D eigenvalue weighted by atomic mass is 10.0. The van der Waals surface area contributed by atoms with E-state index in [1.54, 1.807) is 0 Å². The molecule has 2 aliphatic rings. The molecule has 0 atom stereocenters. The number of hydrogen-bond donors (Lipinski definition) is 2. The molecule has 0 saturated heterocycles. The minimum absolute atomic E-state index is 0.0282. The van der Waals surface area contributed by atoms with E-state index in [1.165, 1.54) is 11.3 Å². The third-order valence-corrected chi connectivity index (χ3v) is 5.44. The summed E-state index contributed by atoms with van der Waals surface area (Å²) in [5.41, 5.74) is 1.86. The molecule has 2 fully saturated rings. The number of esters is 1. The Morgan fingerprint density at radius 3 is 2.48 bits per heavy atom. The number of anilines is 1. The van der Waals surface area contributed by atoms with Gasteiger partial charge >= 0.3 is 5.97 Å². The number of thiophene rings is 1. The van der Waals surface area contributed by atoms with Crippen molar-refractivity contribution in [1.29, 1.82) is 0 Å². The normalized spacial score (nSPS) is 15.9. The average molecular weight is 384 g/mol. The predicted molar refractivity (Wildman–Crippen MR) is 103 cm³/mol. The third-order valence-electron chi connectivity index (χ3n) is 4.54. The molecule has 0 aliphatic heterocycles. The van der Waals surface area contributed by atoms with E-state index >= 15 is 0 Å². The SMILES string of the molecule is O=C(COC(=O)c1c(-c2ccccc2)csc1NC(=O)C1CC1)NC1CC1. The van der Waals surface area contributed by atoms with E-state index in [-0.39, 0.29) is 30.4 Å². The molecular weight excluding hydrogens is 364 g/mol. The van der Waals surface area contributed by atoms with Crippen LogP contribution in [0.4, 0.5) is 5.00 Å². The molecular formula is C20H20N2O4S. The molecule has 140 valence electrons. The third kappa shape index (κ3) is 4.36. The summed E-state index contributed by atoms with van der Waals surface area (Å²) in [6.45, 7) is -0.324. The highest BCUT2D eigenvalue weighted by atomic mass is 32.1. The van der Waals surface area contributed by atoms with Crippen molar-refractivity contribution in [3.8, 4) is 11.1 Å². The minimum Gasteiger partial charge on any atom is -0.452 e. The number of carbonyl (C=O) groups excluding carboxylic acids is 3. The van der Waals surface area contributed by atoms with Crippen LogP contribution in [0.2, 0.25) is 0 Å². The van der Waals surface area contributed by atoms with Crippen LogP contribution >= 0.6 is 11.3 Å². The number of rotatable bonds is 7. The summed E-state index contributed by atoms with van der Waals surface area (Å²) in [5.74, 6) is -0.949. The molecule has 2 saturated carbocycles. The zero-order valence-electron chi connectivity index (χ0n) is 14.7. The first-order chi connectivity index (χ1) is 13.1. The molecule has 1 aromatic carbocycles. The molecule has 1 heterocycles. The van der Waals surface area contributed by atoms with Crippen LogP contribution in [0.25, 0.3) is 11.1 Å². The van der Waals surface area contributed by atoms with Gasteiger partial charge in [0.05, 0.1) is 0 Å². The first-order valence-electron chi connectivity index (χ1n) is 9.06. The van der Waals surface area contributed by atoms with Gasteiger partial charge < -0.3 is 15.4 Å². The lowest BCUT2D eigenvalue weighted by Crippen LogP contribution is -2.30. The van der Waals surface area contributed by atoms with Crippen LogP contribution in [0.1, 0.15) is 36.0 Å². The van der Waals surface area contributed by atoms with Crippen LogP contribution in [0.5, 0.6) is 0 Å². The van der Waals surface area contributed by atoms with Crippen LogP contribution in [0, 0.1) is 5.92 Å². The summed E-state index contributed by atoms with van der Waals surface area (Å²) in [6.07, 6.45) is 3.70. The molecule has 0 bridgehead atoms. The van der Waals surface area contributed by atoms with Crippen molar-refractivity contribution < 1.29 is 19.1 Å². The van der Waals surface area contributed by atoms with Crippen LogP contribution in [-0.4, -0.2) is 30.4 Å². The van der Waals surface area contributed by atoms with E-state index in [1.807, 2.05) is 35.7 Å². The van der Waals surface area contributed by atoms with E-state index < -0.39 is 5.97 Å². The Labute approximate surface area is 160 Å². The molecule has 27 heavy (non-hydrogen) atoms. The Bertz CT molecular complexity index is 869. The molecule has 7 heteroatoms. The smallest absolute Gasteiger partial charge is 0.342 e. The fourth-order valence-electron chi connectivity index (χ4n) is 2.74. The number of amides is 2. The second-order valence-electron chi connectivity index (χ2n) is 6.90. The zero-order chi connectivity index (χ0) is 18.8. The molecule has 0 unspecified atom stereocenters. The number of carbonyl (C=O) groups is 3. The molecule has 2 aromatic rings. The standard InChI is InChI=1S/C20H20N2O4S/c23-16(21-14-8-9-14)10-26-20(25)17-15(12-4-2-1-3-5-12)11-27-19(17)22-18(24)13-6-7-13/h1-5,11,13-14H,6-10H2,(H,21,23)(H,22,24). The fourth-order valence-corrected chi connectivity index (χ4v) is 3.70. The molecule has 6 nitrogen and oxygen atoms in total. The van der Waals surface area contributed by atoms with Gasteiger partial charge in [-0.3, -0.25) is 9.59 Å². The molecule has 0 spiro atoms. The maximum Gasteiger partial charge on any atom is 0.342 e. The fraction of sp³-hybridized carbons (Fsp3) is 0.350. The Morgan fingerprint density at radius 1 is 1.07 bits per heavy atom. The average Bonchev–Trinajstić information content (AvgIpc) is 3.59. The van der Waals surface area contributed by atoms with Crippen molar-refractivity contribution >= 4 is 34.1 Å². The first kappa shape index (κ1) is 17.7. The summed E-state index contributed by atoms with van der Waals surface area (Å²) >= 11 is 1.29. The van der Waals surface area contributed by atoms with Crippen LogP contribution in [-0.2, 0) is 14.3 Å². The van der Waals surface area contributed by atoms with E-state index in [9.17, 15) is 14.4 Å². The molecule has 0 radical (unpaired) electrons. The van der Waals surface area contributed by atoms with E-state index in [4.69, 9.17) is 4.74 Å². The Morgan fingerprint density at radius 2 is 1.81 bits per heavy atom. The molecule has 2 N–H and O–H groups in total. The van der Waals surface area contributed by atoms with Gasteiger partial charge in [0.1, 0.15) is 10.6 Å². The summed E-state index contributed by atoms with van der Waals surface area (Å²) < 4.78 is 5.24. The van der Waals surface area contributed by atoms with Crippen LogP contribution < -0.4 is 10.6 Å². The lowest BCUT2D eigenvalue weighted by Gasteiger charge is -2.10. The summed E-state index contributed by atoms with van der Waals surface area (Å²) in [5, 5.41) is 7.94. The monoisotopic (exact) mass is 384 g/mol. The maximum atomic E-state index is 12.7. The number of nitrogens with one attached hydrogen (secondary N) is 2. The van der Waals surface area contributed by atoms with E-state index in [0.717, 1.165) is 31.2 Å². The molecule has 1 aromatic heterocycles. The molecule has 2 aliphatic carbocycles. The van der Waals surface area contributed by atoms with Gasteiger partial charge in [0.25, 0.3) is 5.91 Å². The van der Waals surface area contributed by atoms with Gasteiger partial charge in [0.15, 0.2) is 6.61 Å². The Hall–Kier alpha value is -2.67. The van der Waals surface area contributed by atoms with Crippen molar-refractivity contribution in [3.63, 3.8) is 0 Å². The Balaban J connectivity index is 1.54. The Kier molecular flexibility index (Phi) is 4.94. The van der Waals surface area contributed by atoms with Gasteiger partial charge in [-0.05, 0) is 31.2 Å². The van der Waals surface area contributed by atoms with Gasteiger partial charge in [-0.1, -0.05) is 30.3 Å². The number of hydrogen-bond acceptors (Lipinski definition) is 5. The number of benzene rings is 1. The van der Waals surface area contributed by atoms with Crippen molar-refractivity contribution in [2.24, 2.45) is 5.92 Å². The summed E-state index contributed by atoms with van der Waals surface area (Å²) in [6, 6.07) is 9.66. The van der Waals surface area contributed by atoms with Gasteiger partial charge in [-0.25, -0.2) is 4.79 Å². The van der Waals surface area contributed by atoms with Crippen molar-refractivity contribution in [2.75, 3.05) is 11.9 Å². The summed E-state index contributed by atoms with van der Waals surface area (Å²) in [4.78, 5) is 36.7. The van der Waals surface area contributed by atoms with Crippen molar-refractivity contribution in [2.45, 2.75) is 31.7 Å². The summed E-state index contributed by atoms with van der Waals surface area (Å²) in [7, 11) is 0. The maximum absolute atomic E-state index is 12.7. The van der Waals surface area contributed by atoms with E-state index in [0.29, 0.717) is 16.1 Å². The van der Waals surface area contributed by atoms with Gasteiger partial charge in [0.2, 0.25) is 5.91 Å². The highest BCUT2D eigenvalue weighted by Gasteiger charge is 2.32. The van der Waals surface area contributed by atoms with Crippen LogP contribution in [0.15, 0.2) is 35.7 Å². The highest BCUT2D eigenvalue weighted by molar-refractivity contribution is 7.15. The van der Waals surface area contributed by atoms with E-state index in [2.05, 4.69) is 10.6 Å². The largest absolute Gasteiger partial charge is 0.452 e. The topological polar surface area (TPSA) is 84.5 Å². The molecule has 4 rings (SSSR count). The first-order valence-corrected chi connectivity index (χ1v) is 9.94. The number of ether oxygens (including phenoxy) is 1. The minimum atomic E-state index is -0.604. The van der Waals surface area contributed by atoms with Gasteiger partial charge in [-0.15, -0.1) is 11.3 Å². The van der Waals surface area contributed by atoms with Gasteiger partial charge in [-0.2, -0.15) is 0 Å². The lowest BCUT2D eigenvalue weighted by molar-refractivity contribution is -0.124. The van der Waals surface area contributed by atoms with Crippen molar-refractivity contribution in [1.82, 2.24) is 5.32 Å². The second-order valence-corrected chi connectivity index (χ2v) is 7.78. The predicted octanol–water partition coefficient (Wildman–Crippen LogP) is 3.20.